The van der Waals surface area contributed by atoms with Gasteiger partial charge in [0.05, 0.1) is 22.5 Å². The first-order valence-corrected chi connectivity index (χ1v) is 10.2. The Morgan fingerprint density at radius 2 is 2.17 bits per heavy atom. The van der Waals surface area contributed by atoms with Gasteiger partial charge in [0.25, 0.3) is 21.6 Å². The molecular weight excluding hydrogens is 402 g/mol. The smallest absolute Gasteiger partial charge is 0.293 e. The van der Waals surface area contributed by atoms with Crippen LogP contribution >= 0.6 is 0 Å². The molecule has 3 N–H and O–H groups in total. The van der Waals surface area contributed by atoms with Gasteiger partial charge in [-0.1, -0.05) is 6.07 Å². The number of nitro benzene ring substituents is 1. The number of morpholine rings is 1. The van der Waals surface area contributed by atoms with E-state index in [1.165, 1.54) is 30.5 Å². The zero-order valence-corrected chi connectivity index (χ0v) is 16.0. The quantitative estimate of drug-likeness (QED) is 0.429. The van der Waals surface area contributed by atoms with Gasteiger partial charge in [0.15, 0.2) is 0 Å². The number of carbonyl (C=O) groups excluding carboxylic acids is 1. The first-order valence-electron chi connectivity index (χ1n) is 8.69. The van der Waals surface area contributed by atoms with Crippen LogP contribution in [0.4, 0.5) is 11.4 Å². The Hall–Kier alpha value is -3.09. The van der Waals surface area contributed by atoms with Gasteiger partial charge in [0, 0.05) is 31.9 Å². The molecule has 1 saturated heterocycles. The normalized spacial score (nSPS) is 16.8. The van der Waals surface area contributed by atoms with Gasteiger partial charge in [-0.05, 0) is 24.3 Å². The minimum atomic E-state index is -4.32. The minimum absolute atomic E-state index is 0.0926. The van der Waals surface area contributed by atoms with Crippen molar-refractivity contribution >= 4 is 27.3 Å². The van der Waals surface area contributed by atoms with E-state index < -0.39 is 31.4 Å². The monoisotopic (exact) mass is 421 g/mol. The molecule has 1 aliphatic heterocycles. The van der Waals surface area contributed by atoms with E-state index in [9.17, 15) is 23.3 Å². The summed E-state index contributed by atoms with van der Waals surface area (Å²) in [4.78, 5) is 26.2. The molecule has 0 bridgehead atoms. The molecule has 1 amide bonds. The molecule has 3 rings (SSSR count). The summed E-state index contributed by atoms with van der Waals surface area (Å²) in [5.74, 6) is -0.933. The fourth-order valence-electron chi connectivity index (χ4n) is 2.68. The predicted octanol–water partition coefficient (Wildman–Crippen LogP) is 0.509. The van der Waals surface area contributed by atoms with Gasteiger partial charge in [-0.3, -0.25) is 19.9 Å². The second-order valence-electron chi connectivity index (χ2n) is 6.16. The molecule has 0 radical (unpaired) electrons. The third-order valence-electron chi connectivity index (χ3n) is 4.13. The lowest BCUT2D eigenvalue weighted by Gasteiger charge is -2.24. The molecule has 1 fully saturated rings. The largest absolute Gasteiger partial charge is 0.377 e. The Labute approximate surface area is 166 Å². The molecule has 2 heterocycles. The molecule has 29 heavy (non-hydrogen) atoms. The molecule has 1 unspecified atom stereocenters. The zero-order valence-electron chi connectivity index (χ0n) is 15.2. The average Bonchev–Trinajstić information content (AvgIpc) is 2.73. The SMILES string of the molecule is O=C(NS(=O)(=O)c1ccc(NCC2CNCCO2)c([N+](=O)[O-])c1)c1ccccn1. The van der Waals surface area contributed by atoms with Crippen LogP contribution in [-0.4, -0.2) is 56.6 Å². The molecule has 1 aromatic heterocycles. The highest BCUT2D eigenvalue weighted by atomic mass is 32.2. The Balaban J connectivity index is 1.77. The maximum atomic E-state index is 12.5. The lowest BCUT2D eigenvalue weighted by atomic mass is 10.2. The Morgan fingerprint density at radius 3 is 2.83 bits per heavy atom. The van der Waals surface area contributed by atoms with Crippen LogP contribution in [0.5, 0.6) is 0 Å². The number of anilines is 1. The van der Waals surface area contributed by atoms with E-state index in [4.69, 9.17) is 4.74 Å². The van der Waals surface area contributed by atoms with E-state index in [-0.39, 0.29) is 17.5 Å². The van der Waals surface area contributed by atoms with Crippen LogP contribution in [-0.2, 0) is 14.8 Å². The number of pyridine rings is 1. The summed E-state index contributed by atoms with van der Waals surface area (Å²) in [6.07, 6.45) is 1.18. The fraction of sp³-hybridized carbons (Fsp3) is 0.294. The minimum Gasteiger partial charge on any atom is -0.377 e. The van der Waals surface area contributed by atoms with Crippen molar-refractivity contribution < 1.29 is 22.9 Å². The molecule has 0 saturated carbocycles. The third kappa shape index (κ3) is 5.25. The number of hydrogen-bond acceptors (Lipinski definition) is 9. The summed E-state index contributed by atoms with van der Waals surface area (Å²) in [6.45, 7) is 2.21. The molecular formula is C17H19N5O6S. The van der Waals surface area contributed by atoms with Crippen molar-refractivity contribution in [1.29, 1.82) is 0 Å². The number of benzene rings is 1. The number of rotatable bonds is 7. The van der Waals surface area contributed by atoms with Gasteiger partial charge < -0.3 is 15.4 Å². The van der Waals surface area contributed by atoms with E-state index in [1.807, 2.05) is 4.72 Å². The number of nitro groups is 1. The molecule has 1 aliphatic rings. The Bertz CT molecular complexity index is 993. The molecule has 1 atom stereocenters. The number of nitrogens with zero attached hydrogens (tertiary/aromatic N) is 2. The van der Waals surface area contributed by atoms with E-state index in [2.05, 4.69) is 15.6 Å². The molecule has 2 aromatic rings. The van der Waals surface area contributed by atoms with E-state index in [0.29, 0.717) is 19.7 Å². The number of amides is 1. The maximum absolute atomic E-state index is 12.5. The van der Waals surface area contributed by atoms with E-state index in [1.54, 1.807) is 6.07 Å². The van der Waals surface area contributed by atoms with Gasteiger partial charge in [-0.15, -0.1) is 0 Å². The molecule has 1 aromatic carbocycles. The van der Waals surface area contributed by atoms with Gasteiger partial charge in [0.1, 0.15) is 11.4 Å². The van der Waals surface area contributed by atoms with Crippen LogP contribution in [0, 0.1) is 10.1 Å². The topological polar surface area (TPSA) is 153 Å². The van der Waals surface area contributed by atoms with Gasteiger partial charge in [-0.25, -0.2) is 13.1 Å². The average molecular weight is 421 g/mol. The number of nitrogens with one attached hydrogen (secondary N) is 3. The maximum Gasteiger partial charge on any atom is 0.293 e. The lowest BCUT2D eigenvalue weighted by molar-refractivity contribution is -0.384. The lowest BCUT2D eigenvalue weighted by Crippen LogP contribution is -2.42. The predicted molar refractivity (Wildman–Crippen MR) is 103 cm³/mol. The van der Waals surface area contributed by atoms with Crippen molar-refractivity contribution in [3.05, 3.63) is 58.4 Å². The van der Waals surface area contributed by atoms with Gasteiger partial charge >= 0.3 is 0 Å². The summed E-state index contributed by atoms with van der Waals surface area (Å²) in [5.41, 5.74) is -0.369. The summed E-state index contributed by atoms with van der Waals surface area (Å²) in [7, 11) is -4.32. The number of ether oxygens (including phenoxy) is 1. The van der Waals surface area contributed by atoms with E-state index >= 15 is 0 Å². The standard InChI is InChI=1S/C17H19N5O6S/c23-17(15-3-1-2-6-19-15)21-29(26,27)13-4-5-14(16(9-13)22(24)25)20-11-12-10-18-7-8-28-12/h1-6,9,12,18,20H,7-8,10-11H2,(H,21,23). The zero-order chi connectivity index (χ0) is 20.9. The highest BCUT2D eigenvalue weighted by Gasteiger charge is 2.24. The molecule has 12 heteroatoms. The summed E-state index contributed by atoms with van der Waals surface area (Å²) >= 11 is 0. The van der Waals surface area contributed by atoms with Crippen molar-refractivity contribution in [3.63, 3.8) is 0 Å². The summed E-state index contributed by atoms with van der Waals surface area (Å²) in [5, 5.41) is 17.5. The fourth-order valence-corrected chi connectivity index (χ4v) is 3.66. The summed E-state index contributed by atoms with van der Waals surface area (Å²) < 4.78 is 32.3. The Morgan fingerprint density at radius 1 is 1.34 bits per heavy atom. The number of carbonyl (C=O) groups is 1. The highest BCUT2D eigenvalue weighted by Crippen LogP contribution is 2.27. The first kappa shape index (κ1) is 20.6. The molecule has 0 aliphatic carbocycles. The molecule has 11 nitrogen and oxygen atoms in total. The number of hydrogen-bond donors (Lipinski definition) is 3. The van der Waals surface area contributed by atoms with Crippen LogP contribution < -0.4 is 15.4 Å². The number of sulfonamides is 1. The Kier molecular flexibility index (Phi) is 6.36. The van der Waals surface area contributed by atoms with Crippen LogP contribution in [0.1, 0.15) is 10.5 Å². The van der Waals surface area contributed by atoms with Crippen LogP contribution in [0.25, 0.3) is 0 Å². The van der Waals surface area contributed by atoms with Crippen molar-refractivity contribution in [3.8, 4) is 0 Å². The van der Waals surface area contributed by atoms with Crippen molar-refractivity contribution in [2.75, 3.05) is 31.6 Å². The van der Waals surface area contributed by atoms with Gasteiger partial charge in [-0.2, -0.15) is 0 Å². The second-order valence-corrected chi connectivity index (χ2v) is 7.85. The van der Waals surface area contributed by atoms with Crippen molar-refractivity contribution in [1.82, 2.24) is 15.0 Å². The highest BCUT2D eigenvalue weighted by molar-refractivity contribution is 7.90. The number of aromatic nitrogens is 1. The van der Waals surface area contributed by atoms with Crippen LogP contribution in [0.15, 0.2) is 47.5 Å². The van der Waals surface area contributed by atoms with Crippen molar-refractivity contribution in [2.45, 2.75) is 11.0 Å². The van der Waals surface area contributed by atoms with Crippen LogP contribution in [0.2, 0.25) is 0 Å². The molecule has 0 spiro atoms. The first-order chi connectivity index (χ1) is 13.9. The van der Waals surface area contributed by atoms with Crippen molar-refractivity contribution in [2.24, 2.45) is 0 Å². The second kappa shape index (κ2) is 8.94. The van der Waals surface area contributed by atoms with E-state index in [0.717, 1.165) is 12.6 Å². The summed E-state index contributed by atoms with van der Waals surface area (Å²) in [6, 6.07) is 7.83. The third-order valence-corrected chi connectivity index (χ3v) is 5.45. The molecule has 154 valence electrons. The van der Waals surface area contributed by atoms with Crippen LogP contribution in [0.3, 0.4) is 0 Å². The van der Waals surface area contributed by atoms with Gasteiger partial charge in [0.2, 0.25) is 0 Å².